The number of nitrogens with zero attached hydrogens (tertiary/aromatic N) is 1. The molecule has 0 amide bonds. The maximum Gasteiger partial charge on any atom is 0.152 e. The van der Waals surface area contributed by atoms with E-state index >= 15 is 0 Å². The summed E-state index contributed by atoms with van der Waals surface area (Å²) in [5, 5.41) is 1.76. The van der Waals surface area contributed by atoms with Gasteiger partial charge in [-0.05, 0) is 37.3 Å². The van der Waals surface area contributed by atoms with Gasteiger partial charge in [0.15, 0.2) is 6.29 Å². The predicted octanol–water partition coefficient (Wildman–Crippen LogP) is 4.51. The lowest BCUT2D eigenvalue weighted by molar-refractivity contribution is 0.112. The lowest BCUT2D eigenvalue weighted by atomic mass is 10.1. The summed E-state index contributed by atoms with van der Waals surface area (Å²) >= 11 is 1.52. The van der Waals surface area contributed by atoms with E-state index in [9.17, 15) is 4.79 Å². The summed E-state index contributed by atoms with van der Waals surface area (Å²) in [6, 6.07) is 17.9. The normalized spacial score (nSPS) is 10.7. The summed E-state index contributed by atoms with van der Waals surface area (Å²) in [6.45, 7) is 2.03. The maximum absolute atomic E-state index is 11.3. The highest BCUT2D eigenvalue weighted by molar-refractivity contribution is 7.99. The van der Waals surface area contributed by atoms with Crippen LogP contribution in [0.3, 0.4) is 0 Å². The number of aromatic nitrogens is 1. The molecule has 0 radical (unpaired) electrons. The molecule has 3 heteroatoms. The van der Waals surface area contributed by atoms with Crippen molar-refractivity contribution in [3.63, 3.8) is 0 Å². The highest BCUT2D eigenvalue weighted by Gasteiger charge is 2.08. The molecule has 0 N–H and O–H groups in total. The van der Waals surface area contributed by atoms with Crippen molar-refractivity contribution in [2.75, 3.05) is 0 Å². The number of carbonyl (C=O) groups is 1. The second kappa shape index (κ2) is 5.47. The number of pyridine rings is 1. The summed E-state index contributed by atoms with van der Waals surface area (Å²) in [4.78, 5) is 17.0. The number of benzene rings is 2. The Bertz CT molecular complexity index is 769. The first-order valence-electron chi connectivity index (χ1n) is 6.36. The molecule has 2 nitrogen and oxygen atoms in total. The van der Waals surface area contributed by atoms with Crippen molar-refractivity contribution in [3.8, 4) is 0 Å². The van der Waals surface area contributed by atoms with E-state index in [2.05, 4.69) is 4.98 Å². The quantitative estimate of drug-likeness (QED) is 0.661. The molecule has 98 valence electrons. The van der Waals surface area contributed by atoms with Gasteiger partial charge in [-0.2, -0.15) is 0 Å². The lowest BCUT2D eigenvalue weighted by Crippen LogP contribution is -1.92. The number of aryl methyl sites for hydroxylation is 1. The highest BCUT2D eigenvalue weighted by Crippen LogP contribution is 2.30. The van der Waals surface area contributed by atoms with Crippen LogP contribution in [0.4, 0.5) is 0 Å². The Morgan fingerprint density at radius 1 is 1.05 bits per heavy atom. The first-order chi connectivity index (χ1) is 9.76. The Morgan fingerprint density at radius 3 is 2.60 bits per heavy atom. The van der Waals surface area contributed by atoms with Crippen LogP contribution in [-0.2, 0) is 0 Å². The van der Waals surface area contributed by atoms with Crippen molar-refractivity contribution >= 4 is 29.0 Å². The Morgan fingerprint density at radius 2 is 1.85 bits per heavy atom. The van der Waals surface area contributed by atoms with Crippen molar-refractivity contribution < 1.29 is 4.79 Å². The van der Waals surface area contributed by atoms with Crippen molar-refractivity contribution in [3.05, 3.63) is 65.7 Å². The van der Waals surface area contributed by atoms with Crippen molar-refractivity contribution in [1.29, 1.82) is 0 Å². The average molecular weight is 279 g/mol. The van der Waals surface area contributed by atoms with E-state index in [4.69, 9.17) is 0 Å². The van der Waals surface area contributed by atoms with Gasteiger partial charge in [-0.3, -0.25) is 4.79 Å². The van der Waals surface area contributed by atoms with Crippen LogP contribution in [0, 0.1) is 6.92 Å². The molecule has 2 aromatic carbocycles. The van der Waals surface area contributed by atoms with Gasteiger partial charge in [-0.25, -0.2) is 4.98 Å². The molecule has 0 saturated heterocycles. The number of fused-ring (bicyclic) bond motifs is 1. The zero-order valence-electron chi connectivity index (χ0n) is 11.0. The van der Waals surface area contributed by atoms with Gasteiger partial charge in [0.1, 0.15) is 5.03 Å². The van der Waals surface area contributed by atoms with E-state index in [1.165, 1.54) is 17.3 Å². The Kier molecular flexibility index (Phi) is 3.52. The van der Waals surface area contributed by atoms with Gasteiger partial charge < -0.3 is 0 Å². The zero-order chi connectivity index (χ0) is 13.9. The molecular weight excluding hydrogens is 266 g/mol. The van der Waals surface area contributed by atoms with Crippen LogP contribution in [0.15, 0.2) is 64.5 Å². The van der Waals surface area contributed by atoms with E-state index in [0.29, 0.717) is 5.56 Å². The number of hydrogen-bond acceptors (Lipinski definition) is 3. The summed E-state index contributed by atoms with van der Waals surface area (Å²) < 4.78 is 0. The van der Waals surface area contributed by atoms with Crippen molar-refractivity contribution in [1.82, 2.24) is 4.98 Å². The smallest absolute Gasteiger partial charge is 0.152 e. The highest BCUT2D eigenvalue weighted by atomic mass is 32.2. The molecule has 0 saturated carbocycles. The number of hydrogen-bond donors (Lipinski definition) is 0. The third-order valence-electron chi connectivity index (χ3n) is 3.05. The van der Waals surface area contributed by atoms with Gasteiger partial charge in [-0.1, -0.05) is 41.6 Å². The number of rotatable bonds is 3. The minimum absolute atomic E-state index is 0.636. The molecule has 1 heterocycles. The van der Waals surface area contributed by atoms with Crippen LogP contribution < -0.4 is 0 Å². The maximum atomic E-state index is 11.3. The van der Waals surface area contributed by atoms with Gasteiger partial charge >= 0.3 is 0 Å². The summed E-state index contributed by atoms with van der Waals surface area (Å²) in [6.07, 6.45) is 0.875. The fourth-order valence-electron chi connectivity index (χ4n) is 2.06. The van der Waals surface area contributed by atoms with E-state index < -0.39 is 0 Å². The van der Waals surface area contributed by atoms with Crippen LogP contribution in [0.25, 0.3) is 10.9 Å². The molecule has 0 fully saturated rings. The van der Waals surface area contributed by atoms with Crippen LogP contribution in [0.1, 0.15) is 15.9 Å². The Labute approximate surface area is 121 Å². The first-order valence-corrected chi connectivity index (χ1v) is 7.17. The van der Waals surface area contributed by atoms with E-state index in [0.717, 1.165) is 27.1 Å². The molecule has 0 bridgehead atoms. The number of aldehydes is 1. The Hall–Kier alpha value is -2.13. The van der Waals surface area contributed by atoms with Crippen LogP contribution >= 0.6 is 11.8 Å². The third kappa shape index (κ3) is 2.58. The van der Waals surface area contributed by atoms with Gasteiger partial charge in [0.2, 0.25) is 0 Å². The van der Waals surface area contributed by atoms with Gasteiger partial charge in [0.05, 0.1) is 5.52 Å². The second-order valence-electron chi connectivity index (χ2n) is 4.61. The van der Waals surface area contributed by atoms with Crippen LogP contribution in [-0.4, -0.2) is 11.3 Å². The SMILES string of the molecule is Cc1ccc2nc(Sc3ccccc3)c(C=O)cc2c1. The van der Waals surface area contributed by atoms with E-state index in [1.54, 1.807) is 0 Å². The second-order valence-corrected chi connectivity index (χ2v) is 5.67. The molecule has 0 aliphatic rings. The van der Waals surface area contributed by atoms with Crippen molar-refractivity contribution in [2.45, 2.75) is 16.8 Å². The molecule has 0 unspecified atom stereocenters. The minimum Gasteiger partial charge on any atom is -0.298 e. The standard InChI is InChI=1S/C17H13NOS/c1-12-7-8-16-13(9-12)10-14(11-19)17(18-16)20-15-5-3-2-4-6-15/h2-11H,1H3. The topological polar surface area (TPSA) is 30.0 Å². The molecule has 3 rings (SSSR count). The van der Waals surface area contributed by atoms with Crippen molar-refractivity contribution in [2.24, 2.45) is 0 Å². The van der Waals surface area contributed by atoms with E-state index in [-0.39, 0.29) is 0 Å². The van der Waals surface area contributed by atoms with E-state index in [1.807, 2.05) is 61.5 Å². The van der Waals surface area contributed by atoms with Gasteiger partial charge in [-0.15, -0.1) is 0 Å². The fourth-order valence-corrected chi connectivity index (χ4v) is 2.95. The minimum atomic E-state index is 0.636. The predicted molar refractivity (Wildman–Crippen MR) is 82.4 cm³/mol. The molecule has 1 aromatic heterocycles. The zero-order valence-corrected chi connectivity index (χ0v) is 11.9. The summed E-state index contributed by atoms with van der Waals surface area (Å²) in [5.41, 5.74) is 2.72. The molecule has 0 aliphatic carbocycles. The first kappa shape index (κ1) is 12.9. The van der Waals surface area contributed by atoms with Crippen LogP contribution in [0.5, 0.6) is 0 Å². The average Bonchev–Trinajstić information content (AvgIpc) is 2.48. The number of carbonyl (C=O) groups excluding carboxylic acids is 1. The van der Waals surface area contributed by atoms with Crippen LogP contribution in [0.2, 0.25) is 0 Å². The third-order valence-corrected chi connectivity index (χ3v) is 4.08. The largest absolute Gasteiger partial charge is 0.298 e. The Balaban J connectivity index is 2.10. The molecule has 0 aliphatic heterocycles. The molecule has 0 spiro atoms. The molecular formula is C17H13NOS. The monoisotopic (exact) mass is 279 g/mol. The summed E-state index contributed by atoms with van der Waals surface area (Å²) in [7, 11) is 0. The summed E-state index contributed by atoms with van der Waals surface area (Å²) in [5.74, 6) is 0. The fraction of sp³-hybridized carbons (Fsp3) is 0.0588. The molecule has 0 atom stereocenters. The molecule has 3 aromatic rings. The van der Waals surface area contributed by atoms with Gasteiger partial charge in [0, 0.05) is 15.8 Å². The van der Waals surface area contributed by atoms with Gasteiger partial charge in [0.25, 0.3) is 0 Å². The lowest BCUT2D eigenvalue weighted by Gasteiger charge is -2.07. The molecule has 20 heavy (non-hydrogen) atoms.